The first-order valence-corrected chi connectivity index (χ1v) is 6.46. The third-order valence-electron chi connectivity index (χ3n) is 2.70. The van der Waals surface area contributed by atoms with Crippen LogP contribution in [0.2, 0.25) is 0 Å². The van der Waals surface area contributed by atoms with Crippen LogP contribution >= 0.6 is 0 Å². The number of rotatable bonds is 8. The Morgan fingerprint density at radius 1 is 1.57 bits per heavy atom. The summed E-state index contributed by atoms with van der Waals surface area (Å²) in [4.78, 5) is 22.2. The van der Waals surface area contributed by atoms with Gasteiger partial charge in [-0.1, -0.05) is 12.1 Å². The van der Waals surface area contributed by atoms with Crippen LogP contribution in [0.4, 0.5) is 5.69 Å². The summed E-state index contributed by atoms with van der Waals surface area (Å²) in [5, 5.41) is 16.5. The van der Waals surface area contributed by atoms with Crippen LogP contribution in [0.3, 0.4) is 0 Å². The summed E-state index contributed by atoms with van der Waals surface area (Å²) in [5.74, 6) is -0.280. The molecule has 114 valence electrons. The van der Waals surface area contributed by atoms with Crippen molar-refractivity contribution >= 4 is 11.6 Å². The number of nitro benzene ring substituents is 1. The van der Waals surface area contributed by atoms with E-state index in [1.807, 2.05) is 0 Å². The van der Waals surface area contributed by atoms with E-state index in [4.69, 9.17) is 4.74 Å². The van der Waals surface area contributed by atoms with E-state index >= 15 is 0 Å². The molecule has 0 aromatic heterocycles. The first-order chi connectivity index (χ1) is 9.99. The number of hydrogen-bond donors (Lipinski definition) is 2. The minimum Gasteiger partial charge on any atom is -0.474 e. The quantitative estimate of drug-likeness (QED) is 0.429. The van der Waals surface area contributed by atoms with E-state index in [0.29, 0.717) is 13.1 Å². The molecule has 0 bridgehead atoms. The van der Waals surface area contributed by atoms with Crippen LogP contribution in [0.5, 0.6) is 5.75 Å². The summed E-state index contributed by atoms with van der Waals surface area (Å²) in [6.45, 7) is 5.89. The van der Waals surface area contributed by atoms with Gasteiger partial charge < -0.3 is 15.4 Å². The lowest BCUT2D eigenvalue weighted by Gasteiger charge is -2.15. The molecule has 1 rings (SSSR count). The van der Waals surface area contributed by atoms with Gasteiger partial charge in [0.2, 0.25) is 0 Å². The predicted molar refractivity (Wildman–Crippen MR) is 79.2 cm³/mol. The Morgan fingerprint density at radius 3 is 2.86 bits per heavy atom. The van der Waals surface area contributed by atoms with Gasteiger partial charge in [0.15, 0.2) is 11.9 Å². The minimum absolute atomic E-state index is 0.0778. The van der Waals surface area contributed by atoms with Gasteiger partial charge in [0.1, 0.15) is 0 Å². The fourth-order valence-electron chi connectivity index (χ4n) is 1.68. The van der Waals surface area contributed by atoms with Gasteiger partial charge >= 0.3 is 5.69 Å². The molecule has 0 saturated heterocycles. The Labute approximate surface area is 123 Å². The normalized spacial score (nSPS) is 11.5. The van der Waals surface area contributed by atoms with Crippen LogP contribution in [-0.4, -0.2) is 30.5 Å². The number of nitrogens with one attached hydrogen (secondary N) is 2. The number of amides is 1. The lowest BCUT2D eigenvalue weighted by Crippen LogP contribution is -2.36. The van der Waals surface area contributed by atoms with Crippen molar-refractivity contribution in [2.75, 3.05) is 13.6 Å². The zero-order valence-corrected chi connectivity index (χ0v) is 12.1. The number of carbonyl (C=O) groups excluding carboxylic acids is 1. The van der Waals surface area contributed by atoms with Crippen molar-refractivity contribution < 1.29 is 14.5 Å². The molecule has 0 radical (unpaired) electrons. The fourth-order valence-corrected chi connectivity index (χ4v) is 1.68. The van der Waals surface area contributed by atoms with Crippen molar-refractivity contribution in [3.8, 4) is 5.75 Å². The van der Waals surface area contributed by atoms with Gasteiger partial charge in [0, 0.05) is 19.2 Å². The summed E-state index contributed by atoms with van der Waals surface area (Å²) in [5.41, 5.74) is 0.662. The number of ether oxygens (including phenoxy) is 1. The summed E-state index contributed by atoms with van der Waals surface area (Å²) in [6.07, 6.45) is 0.703. The molecule has 0 heterocycles. The molecule has 0 fully saturated rings. The summed E-state index contributed by atoms with van der Waals surface area (Å²) in [6, 6.07) is 4.58. The highest BCUT2D eigenvalue weighted by atomic mass is 16.6. The number of benzene rings is 1. The second-order valence-electron chi connectivity index (χ2n) is 4.38. The van der Waals surface area contributed by atoms with Crippen LogP contribution < -0.4 is 15.4 Å². The van der Waals surface area contributed by atoms with Crippen molar-refractivity contribution in [2.24, 2.45) is 0 Å². The smallest absolute Gasteiger partial charge is 0.310 e. The Kier molecular flexibility index (Phi) is 6.35. The zero-order chi connectivity index (χ0) is 15.8. The molecule has 0 saturated carbocycles. The number of hydrogen-bond acceptors (Lipinski definition) is 5. The molecule has 1 atom stereocenters. The van der Waals surface area contributed by atoms with Crippen molar-refractivity contribution in [3.63, 3.8) is 0 Å². The minimum atomic E-state index is -0.839. The second kappa shape index (κ2) is 8.01. The molecule has 7 heteroatoms. The third kappa shape index (κ3) is 4.88. The van der Waals surface area contributed by atoms with E-state index in [2.05, 4.69) is 17.2 Å². The van der Waals surface area contributed by atoms with Crippen molar-refractivity contribution in [1.82, 2.24) is 10.6 Å². The van der Waals surface area contributed by atoms with Gasteiger partial charge in [-0.15, -0.1) is 6.58 Å². The van der Waals surface area contributed by atoms with Gasteiger partial charge in [-0.05, 0) is 25.6 Å². The van der Waals surface area contributed by atoms with Gasteiger partial charge in [-0.3, -0.25) is 14.9 Å². The number of nitro groups is 1. The molecular weight excluding hydrogens is 274 g/mol. The SMILES string of the molecule is C=CCNC(=O)C(C)Oc1cc(CNC)ccc1[N+](=O)[O-]. The molecule has 21 heavy (non-hydrogen) atoms. The van der Waals surface area contributed by atoms with E-state index in [-0.39, 0.29) is 17.3 Å². The molecule has 0 spiro atoms. The average molecular weight is 293 g/mol. The van der Waals surface area contributed by atoms with Crippen LogP contribution in [-0.2, 0) is 11.3 Å². The third-order valence-corrected chi connectivity index (χ3v) is 2.70. The highest BCUT2D eigenvalue weighted by Gasteiger charge is 2.21. The molecule has 0 aliphatic heterocycles. The van der Waals surface area contributed by atoms with Gasteiger partial charge in [0.05, 0.1) is 4.92 Å². The monoisotopic (exact) mass is 293 g/mol. The maximum absolute atomic E-state index is 11.7. The first-order valence-electron chi connectivity index (χ1n) is 6.46. The summed E-state index contributed by atoms with van der Waals surface area (Å²) >= 11 is 0. The number of nitrogens with zero attached hydrogens (tertiary/aromatic N) is 1. The molecule has 0 aliphatic carbocycles. The van der Waals surface area contributed by atoms with Crippen LogP contribution in [0.1, 0.15) is 12.5 Å². The lowest BCUT2D eigenvalue weighted by molar-refractivity contribution is -0.386. The molecule has 7 nitrogen and oxygen atoms in total. The topological polar surface area (TPSA) is 93.5 Å². The van der Waals surface area contributed by atoms with Crippen molar-refractivity contribution in [2.45, 2.75) is 19.6 Å². The summed E-state index contributed by atoms with van der Waals surface area (Å²) < 4.78 is 5.44. The second-order valence-corrected chi connectivity index (χ2v) is 4.38. The van der Waals surface area contributed by atoms with E-state index in [9.17, 15) is 14.9 Å². The van der Waals surface area contributed by atoms with Gasteiger partial charge in [-0.2, -0.15) is 0 Å². The highest BCUT2D eigenvalue weighted by molar-refractivity contribution is 5.81. The largest absolute Gasteiger partial charge is 0.474 e. The fraction of sp³-hybridized carbons (Fsp3) is 0.357. The maximum Gasteiger partial charge on any atom is 0.310 e. The molecule has 1 unspecified atom stereocenters. The van der Waals surface area contributed by atoms with Crippen LogP contribution in [0.25, 0.3) is 0 Å². The molecule has 2 N–H and O–H groups in total. The molecule has 1 amide bonds. The molecular formula is C14H19N3O4. The van der Waals surface area contributed by atoms with E-state index in [0.717, 1.165) is 5.56 Å². The average Bonchev–Trinajstić information content (AvgIpc) is 2.44. The molecule has 1 aromatic carbocycles. The van der Waals surface area contributed by atoms with Gasteiger partial charge in [-0.25, -0.2) is 0 Å². The predicted octanol–water partition coefficient (Wildman–Crippen LogP) is 1.38. The molecule has 1 aromatic rings. The van der Waals surface area contributed by atoms with Crippen molar-refractivity contribution in [3.05, 3.63) is 46.5 Å². The standard InChI is InChI=1S/C14H19N3O4/c1-4-7-16-14(18)10(2)21-13-8-11(9-15-3)5-6-12(13)17(19)20/h4-6,8,10,15H,1,7,9H2,2-3H3,(H,16,18). The zero-order valence-electron chi connectivity index (χ0n) is 12.1. The van der Waals surface area contributed by atoms with E-state index in [1.165, 1.54) is 13.0 Å². The Bertz CT molecular complexity index is 531. The lowest BCUT2D eigenvalue weighted by atomic mass is 10.2. The number of carbonyl (C=O) groups is 1. The highest BCUT2D eigenvalue weighted by Crippen LogP contribution is 2.28. The summed E-state index contributed by atoms with van der Waals surface area (Å²) in [7, 11) is 1.77. The van der Waals surface area contributed by atoms with Gasteiger partial charge in [0.25, 0.3) is 5.91 Å². The van der Waals surface area contributed by atoms with E-state index < -0.39 is 11.0 Å². The Morgan fingerprint density at radius 2 is 2.29 bits per heavy atom. The first kappa shape index (κ1) is 16.6. The van der Waals surface area contributed by atoms with Crippen LogP contribution in [0, 0.1) is 10.1 Å². The van der Waals surface area contributed by atoms with Crippen LogP contribution in [0.15, 0.2) is 30.9 Å². The Balaban J connectivity index is 2.92. The van der Waals surface area contributed by atoms with Crippen molar-refractivity contribution in [1.29, 1.82) is 0 Å². The molecule has 0 aliphatic rings. The Hall–Kier alpha value is -2.41. The maximum atomic E-state index is 11.7. The van der Waals surface area contributed by atoms with E-state index in [1.54, 1.807) is 25.3 Å².